The summed E-state index contributed by atoms with van der Waals surface area (Å²) in [5, 5.41) is 10.9. The van der Waals surface area contributed by atoms with Gasteiger partial charge in [-0.05, 0) is 41.0 Å². The van der Waals surface area contributed by atoms with Crippen LogP contribution >= 0.6 is 0 Å². The number of ether oxygens (including phenoxy) is 2. The Labute approximate surface area is 133 Å². The highest BCUT2D eigenvalue weighted by Gasteiger charge is 2.31. The minimum Gasteiger partial charge on any atom is -0.486 e. The fourth-order valence-electron chi connectivity index (χ4n) is 3.16. The molecule has 8 nitrogen and oxygen atoms in total. The van der Waals surface area contributed by atoms with Crippen molar-refractivity contribution < 1.29 is 14.3 Å². The Bertz CT molecular complexity index is 703. The lowest BCUT2D eigenvalue weighted by Crippen LogP contribution is -2.33. The van der Waals surface area contributed by atoms with Crippen molar-refractivity contribution in [3.8, 4) is 11.5 Å². The number of benzene rings is 1. The van der Waals surface area contributed by atoms with Gasteiger partial charge in [-0.3, -0.25) is 4.79 Å². The Kier molecular flexibility index (Phi) is 3.57. The van der Waals surface area contributed by atoms with Crippen LogP contribution in [-0.4, -0.2) is 50.8 Å². The third-order valence-corrected chi connectivity index (χ3v) is 4.21. The van der Waals surface area contributed by atoms with Crippen LogP contribution in [0.15, 0.2) is 24.5 Å². The Morgan fingerprint density at radius 2 is 2.13 bits per heavy atom. The van der Waals surface area contributed by atoms with E-state index in [9.17, 15) is 4.79 Å². The Morgan fingerprint density at radius 1 is 1.26 bits per heavy atom. The molecule has 120 valence electrons. The molecule has 0 N–H and O–H groups in total. The Morgan fingerprint density at radius 3 is 2.96 bits per heavy atom. The molecule has 1 unspecified atom stereocenters. The van der Waals surface area contributed by atoms with E-state index in [0.29, 0.717) is 13.2 Å². The van der Waals surface area contributed by atoms with Crippen LogP contribution in [0.1, 0.15) is 24.4 Å². The largest absolute Gasteiger partial charge is 0.486 e. The molecule has 23 heavy (non-hydrogen) atoms. The summed E-state index contributed by atoms with van der Waals surface area (Å²) in [5.74, 6) is 1.55. The van der Waals surface area contributed by atoms with Crippen LogP contribution in [0.2, 0.25) is 0 Å². The molecule has 2 aliphatic heterocycles. The van der Waals surface area contributed by atoms with Crippen molar-refractivity contribution in [1.29, 1.82) is 0 Å². The van der Waals surface area contributed by atoms with Crippen LogP contribution in [0.4, 0.5) is 0 Å². The Hall–Kier alpha value is -2.64. The zero-order chi connectivity index (χ0) is 15.6. The van der Waals surface area contributed by atoms with Gasteiger partial charge in [0, 0.05) is 6.54 Å². The lowest BCUT2D eigenvalue weighted by molar-refractivity contribution is -0.133. The molecule has 1 fully saturated rings. The first-order valence-corrected chi connectivity index (χ1v) is 7.71. The maximum absolute atomic E-state index is 12.5. The van der Waals surface area contributed by atoms with E-state index in [1.54, 1.807) is 0 Å². The number of carbonyl (C=O) groups is 1. The second-order valence-electron chi connectivity index (χ2n) is 5.66. The number of hydrogen-bond donors (Lipinski definition) is 0. The van der Waals surface area contributed by atoms with Crippen molar-refractivity contribution in [1.82, 2.24) is 25.1 Å². The number of aromatic nitrogens is 4. The first kappa shape index (κ1) is 14.0. The second-order valence-corrected chi connectivity index (χ2v) is 5.66. The number of likely N-dealkylation sites (tertiary alicyclic amines) is 1. The third kappa shape index (κ3) is 2.71. The van der Waals surface area contributed by atoms with E-state index >= 15 is 0 Å². The van der Waals surface area contributed by atoms with E-state index in [2.05, 4.69) is 15.5 Å². The topological polar surface area (TPSA) is 82.4 Å². The smallest absolute Gasteiger partial charge is 0.244 e. The zero-order valence-corrected chi connectivity index (χ0v) is 12.6. The van der Waals surface area contributed by atoms with E-state index in [1.165, 1.54) is 11.0 Å². The molecule has 8 heteroatoms. The van der Waals surface area contributed by atoms with Crippen molar-refractivity contribution in [2.24, 2.45) is 0 Å². The summed E-state index contributed by atoms with van der Waals surface area (Å²) >= 11 is 0. The predicted molar refractivity (Wildman–Crippen MR) is 78.9 cm³/mol. The Balaban J connectivity index is 1.54. The number of nitrogens with zero attached hydrogens (tertiary/aromatic N) is 5. The summed E-state index contributed by atoms with van der Waals surface area (Å²) in [7, 11) is 0. The van der Waals surface area contributed by atoms with Gasteiger partial charge in [0.15, 0.2) is 11.5 Å². The van der Waals surface area contributed by atoms with Crippen LogP contribution in [0, 0.1) is 0 Å². The van der Waals surface area contributed by atoms with Crippen LogP contribution in [0.25, 0.3) is 0 Å². The fourth-order valence-corrected chi connectivity index (χ4v) is 3.16. The van der Waals surface area contributed by atoms with Crippen LogP contribution in [0.3, 0.4) is 0 Å². The molecule has 1 aromatic carbocycles. The maximum atomic E-state index is 12.5. The van der Waals surface area contributed by atoms with E-state index in [1.807, 2.05) is 23.1 Å². The van der Waals surface area contributed by atoms with Gasteiger partial charge in [0.2, 0.25) is 5.91 Å². The van der Waals surface area contributed by atoms with E-state index < -0.39 is 0 Å². The molecule has 0 aliphatic carbocycles. The molecular formula is C15H17N5O3. The normalized spacial score (nSPS) is 19.8. The molecule has 1 saturated heterocycles. The van der Waals surface area contributed by atoms with Crippen molar-refractivity contribution in [2.45, 2.75) is 25.4 Å². The van der Waals surface area contributed by atoms with Gasteiger partial charge < -0.3 is 14.4 Å². The fraction of sp³-hybridized carbons (Fsp3) is 0.467. The molecule has 4 rings (SSSR count). The van der Waals surface area contributed by atoms with E-state index in [4.69, 9.17) is 9.47 Å². The molecule has 3 heterocycles. The summed E-state index contributed by atoms with van der Waals surface area (Å²) < 4.78 is 12.6. The van der Waals surface area contributed by atoms with Gasteiger partial charge in [0.25, 0.3) is 0 Å². The lowest BCUT2D eigenvalue weighted by Gasteiger charge is -2.26. The number of fused-ring (bicyclic) bond motifs is 1. The molecule has 0 spiro atoms. The summed E-state index contributed by atoms with van der Waals surface area (Å²) in [6, 6.07) is 5.99. The first-order valence-electron chi connectivity index (χ1n) is 7.71. The van der Waals surface area contributed by atoms with Gasteiger partial charge in [-0.15, -0.1) is 5.10 Å². The van der Waals surface area contributed by atoms with Gasteiger partial charge in [-0.2, -0.15) is 0 Å². The quantitative estimate of drug-likeness (QED) is 0.833. The minimum atomic E-state index is 0.0229. The van der Waals surface area contributed by atoms with Gasteiger partial charge in [0.1, 0.15) is 26.1 Å². The summed E-state index contributed by atoms with van der Waals surface area (Å²) in [6.45, 7) is 2.05. The summed E-state index contributed by atoms with van der Waals surface area (Å²) in [6.07, 6.45) is 3.38. The van der Waals surface area contributed by atoms with Crippen molar-refractivity contribution >= 4 is 5.91 Å². The minimum absolute atomic E-state index is 0.0229. The van der Waals surface area contributed by atoms with E-state index in [-0.39, 0.29) is 18.5 Å². The predicted octanol–water partition coefficient (Wildman–Crippen LogP) is 0.808. The first-order chi connectivity index (χ1) is 11.3. The van der Waals surface area contributed by atoms with E-state index in [0.717, 1.165) is 36.4 Å². The lowest BCUT2D eigenvalue weighted by atomic mass is 10.0. The van der Waals surface area contributed by atoms with Gasteiger partial charge in [-0.25, -0.2) is 4.68 Å². The number of rotatable bonds is 3. The monoisotopic (exact) mass is 315 g/mol. The standard InChI is InChI=1S/C15H17N5O3/c21-15(9-19-10-16-17-18-19)20-5-1-2-12(20)11-3-4-13-14(8-11)23-7-6-22-13/h3-4,8,10,12H,1-2,5-7,9H2. The molecule has 1 amide bonds. The van der Waals surface area contributed by atoms with Gasteiger partial charge in [0.05, 0.1) is 6.04 Å². The SMILES string of the molecule is O=C(Cn1cnnn1)N1CCCC1c1ccc2c(c1)OCCO2. The highest BCUT2D eigenvalue weighted by Crippen LogP contribution is 2.38. The summed E-state index contributed by atoms with van der Waals surface area (Å²) in [5.41, 5.74) is 1.08. The highest BCUT2D eigenvalue weighted by molar-refractivity contribution is 5.76. The molecule has 1 atom stereocenters. The highest BCUT2D eigenvalue weighted by atomic mass is 16.6. The molecule has 1 aromatic heterocycles. The average Bonchev–Trinajstić information content (AvgIpc) is 3.25. The van der Waals surface area contributed by atoms with Gasteiger partial charge in [-0.1, -0.05) is 6.07 Å². The molecule has 0 radical (unpaired) electrons. The van der Waals surface area contributed by atoms with Crippen LogP contribution in [0.5, 0.6) is 11.5 Å². The molecule has 2 aromatic rings. The molecular weight excluding hydrogens is 298 g/mol. The number of carbonyl (C=O) groups excluding carboxylic acids is 1. The van der Waals surface area contributed by atoms with Crippen molar-refractivity contribution in [2.75, 3.05) is 19.8 Å². The van der Waals surface area contributed by atoms with Crippen LogP contribution in [-0.2, 0) is 11.3 Å². The maximum Gasteiger partial charge on any atom is 0.244 e. The number of amides is 1. The molecule has 0 saturated carbocycles. The molecule has 2 aliphatic rings. The average molecular weight is 315 g/mol. The third-order valence-electron chi connectivity index (χ3n) is 4.21. The van der Waals surface area contributed by atoms with Gasteiger partial charge >= 0.3 is 0 Å². The van der Waals surface area contributed by atoms with Crippen molar-refractivity contribution in [3.05, 3.63) is 30.1 Å². The second kappa shape index (κ2) is 5.86. The zero-order valence-electron chi connectivity index (χ0n) is 12.6. The molecule has 0 bridgehead atoms. The summed E-state index contributed by atoms with van der Waals surface area (Å²) in [4.78, 5) is 14.4. The number of hydrogen-bond acceptors (Lipinski definition) is 6. The van der Waals surface area contributed by atoms with Crippen LogP contribution < -0.4 is 9.47 Å². The number of tetrazole rings is 1. The van der Waals surface area contributed by atoms with Crippen molar-refractivity contribution in [3.63, 3.8) is 0 Å².